The second-order valence-corrected chi connectivity index (χ2v) is 6.65. The summed E-state index contributed by atoms with van der Waals surface area (Å²) in [5.41, 5.74) is 1.92. The molecule has 2 aromatic rings. The zero-order chi connectivity index (χ0) is 18.4. The smallest absolute Gasteiger partial charge is 0.321 e. The predicted octanol–water partition coefficient (Wildman–Crippen LogP) is 3.25. The minimum atomic E-state index is -0.314. The van der Waals surface area contributed by atoms with Crippen LogP contribution in [0.2, 0.25) is 5.02 Å². The number of halogens is 1. The monoisotopic (exact) mass is 374 g/mol. The van der Waals surface area contributed by atoms with Crippen molar-refractivity contribution in [1.29, 1.82) is 0 Å². The van der Waals surface area contributed by atoms with Crippen molar-refractivity contribution in [2.75, 3.05) is 50.2 Å². The number of likely N-dealkylation sites (N-methyl/N-ethyl adjacent to an activating group) is 1. The molecule has 1 aliphatic heterocycles. The van der Waals surface area contributed by atoms with Crippen molar-refractivity contribution >= 4 is 29.0 Å². The Hall–Kier alpha value is -2.44. The predicted molar refractivity (Wildman–Crippen MR) is 105 cm³/mol. The fourth-order valence-electron chi connectivity index (χ4n) is 2.71. The SMILES string of the molecule is CN1CCN(c2ccc(NC(=O)NCOc3ccc(Cl)cc3)cc2)CC1. The van der Waals surface area contributed by atoms with Gasteiger partial charge in [-0.3, -0.25) is 0 Å². The lowest BCUT2D eigenvalue weighted by Crippen LogP contribution is -2.44. The van der Waals surface area contributed by atoms with Gasteiger partial charge in [-0.1, -0.05) is 11.6 Å². The molecular weight excluding hydrogens is 352 g/mol. The van der Waals surface area contributed by atoms with Crippen molar-refractivity contribution in [2.24, 2.45) is 0 Å². The van der Waals surface area contributed by atoms with E-state index < -0.39 is 0 Å². The molecule has 1 fully saturated rings. The van der Waals surface area contributed by atoms with Gasteiger partial charge in [0.2, 0.25) is 0 Å². The molecule has 26 heavy (non-hydrogen) atoms. The Labute approximate surface area is 158 Å². The quantitative estimate of drug-likeness (QED) is 0.789. The molecule has 0 atom stereocenters. The van der Waals surface area contributed by atoms with Crippen molar-refractivity contribution in [1.82, 2.24) is 10.2 Å². The third kappa shape index (κ3) is 5.28. The zero-order valence-electron chi connectivity index (χ0n) is 14.7. The number of rotatable bonds is 5. The number of benzene rings is 2. The molecule has 2 N–H and O–H groups in total. The van der Waals surface area contributed by atoms with Crippen LogP contribution in [0.3, 0.4) is 0 Å². The van der Waals surface area contributed by atoms with Crippen LogP contribution < -0.4 is 20.3 Å². The summed E-state index contributed by atoms with van der Waals surface area (Å²) in [5.74, 6) is 0.645. The number of nitrogens with one attached hydrogen (secondary N) is 2. The Morgan fingerprint density at radius 1 is 1.04 bits per heavy atom. The maximum atomic E-state index is 11.9. The third-order valence-electron chi connectivity index (χ3n) is 4.28. The summed E-state index contributed by atoms with van der Waals surface area (Å²) in [6, 6.07) is 14.5. The molecular formula is C19H23ClN4O2. The fourth-order valence-corrected chi connectivity index (χ4v) is 2.84. The lowest BCUT2D eigenvalue weighted by Gasteiger charge is -2.34. The lowest BCUT2D eigenvalue weighted by atomic mass is 10.2. The molecule has 2 aromatic carbocycles. The molecule has 138 valence electrons. The highest BCUT2D eigenvalue weighted by atomic mass is 35.5. The summed E-state index contributed by atoms with van der Waals surface area (Å²) >= 11 is 5.81. The average molecular weight is 375 g/mol. The normalized spacial score (nSPS) is 14.8. The van der Waals surface area contributed by atoms with Gasteiger partial charge in [0.05, 0.1) is 0 Å². The van der Waals surface area contributed by atoms with Crippen LogP contribution in [0.25, 0.3) is 0 Å². The van der Waals surface area contributed by atoms with E-state index in [2.05, 4.69) is 27.5 Å². The van der Waals surface area contributed by atoms with Gasteiger partial charge in [-0.25, -0.2) is 4.79 Å². The van der Waals surface area contributed by atoms with Gasteiger partial charge >= 0.3 is 6.03 Å². The summed E-state index contributed by atoms with van der Waals surface area (Å²) in [6.45, 7) is 4.25. The number of hydrogen-bond donors (Lipinski definition) is 2. The molecule has 0 aromatic heterocycles. The van der Waals surface area contributed by atoms with E-state index >= 15 is 0 Å². The topological polar surface area (TPSA) is 56.8 Å². The number of carbonyl (C=O) groups excluding carboxylic acids is 1. The number of amides is 2. The molecule has 1 aliphatic rings. The number of anilines is 2. The first-order valence-corrected chi connectivity index (χ1v) is 8.95. The summed E-state index contributed by atoms with van der Waals surface area (Å²) in [4.78, 5) is 16.6. The second kappa shape index (κ2) is 8.78. The van der Waals surface area contributed by atoms with Gasteiger partial charge in [0.15, 0.2) is 6.73 Å². The van der Waals surface area contributed by atoms with Crippen LogP contribution in [-0.2, 0) is 0 Å². The van der Waals surface area contributed by atoms with Crippen LogP contribution in [0.5, 0.6) is 5.75 Å². The average Bonchev–Trinajstić information content (AvgIpc) is 2.65. The molecule has 0 unspecified atom stereocenters. The summed E-state index contributed by atoms with van der Waals surface area (Å²) in [7, 11) is 2.14. The largest absolute Gasteiger partial charge is 0.473 e. The van der Waals surface area contributed by atoms with E-state index in [-0.39, 0.29) is 12.8 Å². The van der Waals surface area contributed by atoms with E-state index in [0.717, 1.165) is 31.9 Å². The molecule has 6 nitrogen and oxygen atoms in total. The maximum absolute atomic E-state index is 11.9. The van der Waals surface area contributed by atoms with E-state index in [9.17, 15) is 4.79 Å². The number of ether oxygens (including phenoxy) is 1. The van der Waals surface area contributed by atoms with Gasteiger partial charge in [0.25, 0.3) is 0 Å². The van der Waals surface area contributed by atoms with E-state index in [1.54, 1.807) is 24.3 Å². The van der Waals surface area contributed by atoms with E-state index in [1.807, 2.05) is 24.3 Å². The molecule has 0 saturated carbocycles. The second-order valence-electron chi connectivity index (χ2n) is 6.21. The van der Waals surface area contributed by atoms with Crippen LogP contribution in [0.1, 0.15) is 0 Å². The first-order chi connectivity index (χ1) is 12.6. The van der Waals surface area contributed by atoms with Gasteiger partial charge in [-0.15, -0.1) is 0 Å². The molecule has 1 heterocycles. The van der Waals surface area contributed by atoms with Crippen molar-refractivity contribution in [3.05, 3.63) is 53.6 Å². The summed E-state index contributed by atoms with van der Waals surface area (Å²) in [5, 5.41) is 6.09. The molecule has 2 amide bonds. The van der Waals surface area contributed by atoms with E-state index in [1.165, 1.54) is 5.69 Å². The molecule has 0 spiro atoms. The fraction of sp³-hybridized carbons (Fsp3) is 0.316. The van der Waals surface area contributed by atoms with Crippen LogP contribution in [0, 0.1) is 0 Å². The van der Waals surface area contributed by atoms with Crippen LogP contribution >= 0.6 is 11.6 Å². The Morgan fingerprint density at radius 2 is 1.69 bits per heavy atom. The van der Waals surface area contributed by atoms with Gasteiger partial charge < -0.3 is 25.2 Å². The van der Waals surface area contributed by atoms with Gasteiger partial charge in [-0.2, -0.15) is 0 Å². The Balaban J connectivity index is 1.43. The van der Waals surface area contributed by atoms with Crippen molar-refractivity contribution in [3.8, 4) is 5.75 Å². The van der Waals surface area contributed by atoms with Crippen LogP contribution in [0.15, 0.2) is 48.5 Å². The number of nitrogens with zero attached hydrogens (tertiary/aromatic N) is 2. The Morgan fingerprint density at radius 3 is 2.35 bits per heavy atom. The number of hydrogen-bond acceptors (Lipinski definition) is 4. The van der Waals surface area contributed by atoms with Crippen molar-refractivity contribution in [3.63, 3.8) is 0 Å². The van der Waals surface area contributed by atoms with E-state index in [4.69, 9.17) is 16.3 Å². The first kappa shape index (κ1) is 18.4. The standard InChI is InChI=1S/C19H23ClN4O2/c1-23-10-12-24(13-11-23)17-6-4-16(5-7-17)22-19(25)21-14-26-18-8-2-15(20)3-9-18/h2-9H,10-14H2,1H3,(H2,21,22,25). The van der Waals surface area contributed by atoms with E-state index in [0.29, 0.717) is 10.8 Å². The molecule has 3 rings (SSSR count). The summed E-state index contributed by atoms with van der Waals surface area (Å²) in [6.07, 6.45) is 0. The summed E-state index contributed by atoms with van der Waals surface area (Å²) < 4.78 is 5.44. The maximum Gasteiger partial charge on any atom is 0.321 e. The number of urea groups is 1. The van der Waals surface area contributed by atoms with Gasteiger partial charge in [-0.05, 0) is 55.6 Å². The minimum Gasteiger partial charge on any atom is -0.473 e. The highest BCUT2D eigenvalue weighted by molar-refractivity contribution is 6.30. The Bertz CT molecular complexity index is 713. The van der Waals surface area contributed by atoms with Gasteiger partial charge in [0.1, 0.15) is 5.75 Å². The molecule has 1 saturated heterocycles. The van der Waals surface area contributed by atoms with Crippen molar-refractivity contribution < 1.29 is 9.53 Å². The molecule has 0 aliphatic carbocycles. The van der Waals surface area contributed by atoms with Crippen molar-refractivity contribution in [2.45, 2.75) is 0 Å². The van der Waals surface area contributed by atoms with Crippen LogP contribution in [-0.4, -0.2) is 50.9 Å². The first-order valence-electron chi connectivity index (χ1n) is 8.57. The highest BCUT2D eigenvalue weighted by Gasteiger charge is 2.14. The molecule has 0 bridgehead atoms. The molecule has 7 heteroatoms. The number of carbonyl (C=O) groups is 1. The third-order valence-corrected chi connectivity index (χ3v) is 4.53. The minimum absolute atomic E-state index is 0.0762. The zero-order valence-corrected chi connectivity index (χ0v) is 15.5. The highest BCUT2D eigenvalue weighted by Crippen LogP contribution is 2.19. The van der Waals surface area contributed by atoms with Crippen LogP contribution in [0.4, 0.5) is 16.2 Å². The Kier molecular flexibility index (Phi) is 6.20. The lowest BCUT2D eigenvalue weighted by molar-refractivity contribution is 0.234. The van der Waals surface area contributed by atoms with Gasteiger partial charge in [0, 0.05) is 42.6 Å². The molecule has 0 radical (unpaired) electrons. The number of piperazine rings is 1.